The molecule has 2 aliphatic heterocycles. The number of rotatable bonds is 5. The molecule has 0 unspecified atom stereocenters. The van der Waals surface area contributed by atoms with E-state index in [9.17, 15) is 4.79 Å². The number of piperazine rings is 1. The Morgan fingerprint density at radius 3 is 2.38 bits per heavy atom. The Balaban J connectivity index is 1.42. The molecule has 2 aliphatic rings. The van der Waals surface area contributed by atoms with E-state index >= 15 is 0 Å². The Bertz CT molecular complexity index is 602. The molecule has 0 spiro atoms. The first-order valence-electron chi connectivity index (χ1n) is 10.1. The number of aryl methyl sites for hydroxylation is 1. The molecule has 1 amide bonds. The van der Waals surface area contributed by atoms with Crippen LogP contribution in [0.25, 0.3) is 0 Å². The van der Waals surface area contributed by atoms with Crippen molar-refractivity contribution in [1.29, 1.82) is 0 Å². The Kier molecular flexibility index (Phi) is 6.54. The third-order valence-electron chi connectivity index (χ3n) is 6.06. The maximum Gasteiger partial charge on any atom is 0.234 e. The van der Waals surface area contributed by atoms with Crippen molar-refractivity contribution >= 4 is 11.6 Å². The van der Waals surface area contributed by atoms with Crippen LogP contribution in [0.1, 0.15) is 30.9 Å². The molecule has 3 rings (SSSR count). The fraction of sp³-hybridized carbons (Fsp3) is 0.667. The van der Waals surface area contributed by atoms with E-state index < -0.39 is 0 Å². The van der Waals surface area contributed by atoms with E-state index in [1.165, 1.54) is 16.8 Å². The zero-order chi connectivity index (χ0) is 18.5. The first-order valence-corrected chi connectivity index (χ1v) is 10.1. The number of piperidine rings is 1. The molecule has 0 aliphatic carbocycles. The van der Waals surface area contributed by atoms with Crippen LogP contribution in [0, 0.1) is 13.8 Å². The van der Waals surface area contributed by atoms with Crippen molar-refractivity contribution in [3.63, 3.8) is 0 Å². The Morgan fingerprint density at radius 2 is 1.73 bits per heavy atom. The van der Waals surface area contributed by atoms with Gasteiger partial charge in [-0.3, -0.25) is 9.69 Å². The quantitative estimate of drug-likeness (QED) is 0.874. The summed E-state index contributed by atoms with van der Waals surface area (Å²) in [5, 5.41) is 3.25. The van der Waals surface area contributed by atoms with Crippen LogP contribution in [0.3, 0.4) is 0 Å². The number of hydrogen-bond donors (Lipinski definition) is 1. The molecule has 1 aromatic rings. The number of anilines is 1. The highest BCUT2D eigenvalue weighted by Crippen LogP contribution is 2.23. The molecule has 5 nitrogen and oxygen atoms in total. The average molecular weight is 359 g/mol. The van der Waals surface area contributed by atoms with Crippen molar-refractivity contribution < 1.29 is 4.79 Å². The van der Waals surface area contributed by atoms with Gasteiger partial charge in [-0.25, -0.2) is 0 Å². The summed E-state index contributed by atoms with van der Waals surface area (Å²) in [7, 11) is 0. The molecule has 0 saturated carbocycles. The summed E-state index contributed by atoms with van der Waals surface area (Å²) >= 11 is 0. The van der Waals surface area contributed by atoms with Crippen LogP contribution < -0.4 is 10.2 Å². The number of hydrogen-bond acceptors (Lipinski definition) is 4. The lowest BCUT2D eigenvalue weighted by atomic mass is 10.1. The molecule has 26 heavy (non-hydrogen) atoms. The second-order valence-corrected chi connectivity index (χ2v) is 7.76. The van der Waals surface area contributed by atoms with E-state index in [2.05, 4.69) is 59.0 Å². The van der Waals surface area contributed by atoms with Crippen LogP contribution in [0.5, 0.6) is 0 Å². The van der Waals surface area contributed by atoms with Gasteiger partial charge < -0.3 is 15.1 Å². The molecule has 0 bridgehead atoms. The maximum atomic E-state index is 12.4. The van der Waals surface area contributed by atoms with E-state index in [1.807, 2.05) is 0 Å². The Morgan fingerprint density at radius 1 is 1.04 bits per heavy atom. The number of nitrogens with zero attached hydrogens (tertiary/aromatic N) is 3. The summed E-state index contributed by atoms with van der Waals surface area (Å²) in [6, 6.07) is 6.89. The van der Waals surface area contributed by atoms with Gasteiger partial charge in [0.25, 0.3) is 0 Å². The minimum absolute atomic E-state index is 0.195. The summed E-state index contributed by atoms with van der Waals surface area (Å²) in [4.78, 5) is 19.6. The van der Waals surface area contributed by atoms with Gasteiger partial charge in [0.1, 0.15) is 0 Å². The lowest BCUT2D eigenvalue weighted by molar-refractivity contribution is -0.123. The van der Waals surface area contributed by atoms with Crippen molar-refractivity contribution in [2.45, 2.75) is 39.7 Å². The van der Waals surface area contributed by atoms with Crippen molar-refractivity contribution in [2.24, 2.45) is 0 Å². The van der Waals surface area contributed by atoms with Crippen LogP contribution in [-0.4, -0.2) is 74.1 Å². The molecule has 144 valence electrons. The summed E-state index contributed by atoms with van der Waals surface area (Å²) in [5.74, 6) is 0.195. The van der Waals surface area contributed by atoms with E-state index in [4.69, 9.17) is 0 Å². The fourth-order valence-electron chi connectivity index (χ4n) is 4.10. The van der Waals surface area contributed by atoms with Gasteiger partial charge in [-0.1, -0.05) is 19.1 Å². The molecule has 0 atom stereocenters. The Labute approximate surface area is 158 Å². The van der Waals surface area contributed by atoms with Crippen LogP contribution in [0.15, 0.2) is 18.2 Å². The van der Waals surface area contributed by atoms with E-state index in [0.717, 1.165) is 58.7 Å². The lowest BCUT2D eigenvalue weighted by Crippen LogP contribution is -2.52. The van der Waals surface area contributed by atoms with Gasteiger partial charge in [0.2, 0.25) is 5.91 Å². The smallest absolute Gasteiger partial charge is 0.234 e. The lowest BCUT2D eigenvalue weighted by Gasteiger charge is -2.37. The predicted octanol–water partition coefficient (Wildman–Crippen LogP) is 2.03. The molecule has 0 radical (unpaired) electrons. The van der Waals surface area contributed by atoms with Crippen molar-refractivity contribution in [2.75, 3.05) is 57.3 Å². The van der Waals surface area contributed by atoms with E-state index in [0.29, 0.717) is 12.6 Å². The van der Waals surface area contributed by atoms with Gasteiger partial charge in [-0.05, 0) is 50.4 Å². The zero-order valence-corrected chi connectivity index (χ0v) is 16.6. The molecule has 2 saturated heterocycles. The van der Waals surface area contributed by atoms with Crippen LogP contribution in [0.2, 0.25) is 0 Å². The van der Waals surface area contributed by atoms with Crippen molar-refractivity contribution in [3.05, 3.63) is 29.3 Å². The summed E-state index contributed by atoms with van der Waals surface area (Å²) in [6.45, 7) is 14.3. The number of amides is 1. The number of carbonyl (C=O) groups is 1. The molecular weight excluding hydrogens is 324 g/mol. The van der Waals surface area contributed by atoms with Gasteiger partial charge in [0, 0.05) is 51.0 Å². The van der Waals surface area contributed by atoms with Gasteiger partial charge in [0.05, 0.1) is 6.54 Å². The summed E-state index contributed by atoms with van der Waals surface area (Å²) in [6.07, 6.45) is 2.17. The van der Waals surface area contributed by atoms with E-state index in [1.54, 1.807) is 0 Å². The molecule has 1 aromatic carbocycles. The highest BCUT2D eigenvalue weighted by molar-refractivity contribution is 5.78. The second-order valence-electron chi connectivity index (χ2n) is 7.76. The van der Waals surface area contributed by atoms with Crippen molar-refractivity contribution in [3.8, 4) is 0 Å². The van der Waals surface area contributed by atoms with Crippen molar-refractivity contribution in [1.82, 2.24) is 15.1 Å². The van der Waals surface area contributed by atoms with E-state index in [-0.39, 0.29) is 5.91 Å². The van der Waals surface area contributed by atoms with Gasteiger partial charge >= 0.3 is 0 Å². The normalized spacial score (nSPS) is 20.3. The topological polar surface area (TPSA) is 38.8 Å². The SMILES string of the molecule is CCN1CCC(NC(=O)CN2CCN(c3cccc(C)c3C)CC2)CC1. The summed E-state index contributed by atoms with van der Waals surface area (Å²) < 4.78 is 0. The minimum atomic E-state index is 0.195. The molecule has 2 fully saturated rings. The van der Waals surface area contributed by atoms with Crippen LogP contribution in [0.4, 0.5) is 5.69 Å². The third-order valence-corrected chi connectivity index (χ3v) is 6.06. The number of benzene rings is 1. The zero-order valence-electron chi connectivity index (χ0n) is 16.6. The minimum Gasteiger partial charge on any atom is -0.369 e. The first-order chi connectivity index (χ1) is 12.6. The number of nitrogens with one attached hydrogen (secondary N) is 1. The first kappa shape index (κ1) is 19.2. The molecular formula is C21H34N4O. The van der Waals surface area contributed by atoms with Gasteiger partial charge in [-0.2, -0.15) is 0 Å². The van der Waals surface area contributed by atoms with Crippen LogP contribution in [-0.2, 0) is 4.79 Å². The molecule has 2 heterocycles. The molecule has 5 heteroatoms. The molecule has 1 N–H and O–H groups in total. The number of likely N-dealkylation sites (tertiary alicyclic amines) is 1. The van der Waals surface area contributed by atoms with Gasteiger partial charge in [0.15, 0.2) is 0 Å². The standard InChI is InChI=1S/C21H34N4O/c1-4-23-10-8-19(9-11-23)22-21(26)16-24-12-14-25(15-13-24)20-7-5-6-17(2)18(20)3/h5-7,19H,4,8-16H2,1-3H3,(H,22,26). The van der Waals surface area contributed by atoms with Gasteiger partial charge in [-0.15, -0.1) is 0 Å². The summed E-state index contributed by atoms with van der Waals surface area (Å²) in [5.41, 5.74) is 4.06. The number of carbonyl (C=O) groups excluding carboxylic acids is 1. The Hall–Kier alpha value is -1.59. The third kappa shape index (κ3) is 4.77. The van der Waals surface area contributed by atoms with Crippen LogP contribution >= 0.6 is 0 Å². The predicted molar refractivity (Wildman–Crippen MR) is 108 cm³/mol. The second kappa shape index (κ2) is 8.87. The molecule has 0 aromatic heterocycles. The fourth-order valence-corrected chi connectivity index (χ4v) is 4.10. The monoisotopic (exact) mass is 358 g/mol. The maximum absolute atomic E-state index is 12.4. The highest BCUT2D eigenvalue weighted by Gasteiger charge is 2.23. The largest absolute Gasteiger partial charge is 0.369 e. The average Bonchev–Trinajstić information content (AvgIpc) is 2.65. The highest BCUT2D eigenvalue weighted by atomic mass is 16.2.